The Morgan fingerprint density at radius 1 is 0.923 bits per heavy atom. The van der Waals surface area contributed by atoms with Crippen molar-refractivity contribution in [1.82, 2.24) is 15.1 Å². The summed E-state index contributed by atoms with van der Waals surface area (Å²) in [4.78, 5) is 30.4. The number of ether oxygens (including phenoxy) is 2. The minimum absolute atomic E-state index is 0.0310. The number of nitrogens with zero attached hydrogens (tertiary/aromatic N) is 4. The van der Waals surface area contributed by atoms with Crippen molar-refractivity contribution in [2.45, 2.75) is 6.92 Å². The van der Waals surface area contributed by atoms with Crippen LogP contribution in [-0.2, 0) is 0 Å². The van der Waals surface area contributed by atoms with Crippen LogP contribution >= 0.6 is 11.3 Å². The highest BCUT2D eigenvalue weighted by atomic mass is 32.1. The van der Waals surface area contributed by atoms with Gasteiger partial charge in [0, 0.05) is 31.9 Å². The molecule has 0 unspecified atom stereocenters. The summed E-state index contributed by atoms with van der Waals surface area (Å²) >= 11 is 1.46. The average molecular weight is 544 g/mol. The normalized spacial score (nSPS) is 13.2. The highest BCUT2D eigenvalue weighted by molar-refractivity contribution is 7.12. The predicted octanol–water partition coefficient (Wildman–Crippen LogP) is 4.83. The second kappa shape index (κ2) is 12.0. The second-order valence-electron chi connectivity index (χ2n) is 8.90. The Morgan fingerprint density at radius 2 is 1.72 bits per heavy atom. The molecule has 1 aliphatic rings. The van der Waals surface area contributed by atoms with E-state index in [2.05, 4.69) is 20.4 Å². The van der Waals surface area contributed by atoms with Gasteiger partial charge in [0.15, 0.2) is 11.5 Å². The number of anilines is 2. The van der Waals surface area contributed by atoms with Crippen LogP contribution in [0.2, 0.25) is 0 Å². The number of methoxy groups -OCH3 is 1. The zero-order valence-corrected chi connectivity index (χ0v) is 22.6. The van der Waals surface area contributed by atoms with Crippen LogP contribution in [0.5, 0.6) is 11.5 Å². The Morgan fingerprint density at radius 3 is 2.41 bits per heavy atom. The van der Waals surface area contributed by atoms with Crippen LogP contribution < -0.4 is 19.7 Å². The number of nitrogens with one attached hydrogen (secondary N) is 1. The summed E-state index contributed by atoms with van der Waals surface area (Å²) in [6.07, 6.45) is 0. The van der Waals surface area contributed by atoms with Crippen molar-refractivity contribution >= 4 is 34.7 Å². The fourth-order valence-corrected chi connectivity index (χ4v) is 5.19. The Hall–Kier alpha value is -4.44. The van der Waals surface area contributed by atoms with Gasteiger partial charge in [0.05, 0.1) is 18.6 Å². The van der Waals surface area contributed by atoms with Gasteiger partial charge in [-0.3, -0.25) is 9.59 Å². The first-order valence-electron chi connectivity index (χ1n) is 12.7. The Labute approximate surface area is 231 Å². The number of aromatic nitrogens is 2. The van der Waals surface area contributed by atoms with Crippen LogP contribution in [-0.4, -0.2) is 66.8 Å². The van der Waals surface area contributed by atoms with E-state index in [1.165, 1.54) is 11.3 Å². The van der Waals surface area contributed by atoms with Gasteiger partial charge in [-0.15, -0.1) is 21.5 Å². The van der Waals surface area contributed by atoms with E-state index in [4.69, 9.17) is 9.47 Å². The fraction of sp³-hybridized carbons (Fsp3) is 0.241. The molecule has 0 aliphatic carbocycles. The summed E-state index contributed by atoms with van der Waals surface area (Å²) in [6, 6.07) is 20.4. The van der Waals surface area contributed by atoms with Crippen molar-refractivity contribution in [1.29, 1.82) is 0 Å². The fourth-order valence-electron chi connectivity index (χ4n) is 4.31. The SMILES string of the molecule is CCOc1cccc(-c2csc(C(=O)N3CCN(c4ccc(C(=O)Nc5ccc(OC)cc5)nn4)CC3)c2)c1. The van der Waals surface area contributed by atoms with E-state index in [0.717, 1.165) is 16.9 Å². The minimum atomic E-state index is -0.338. The third-order valence-electron chi connectivity index (χ3n) is 6.41. The standard InChI is InChI=1S/C29H29N5O4S/c1-3-38-24-6-4-5-20(17-24)21-18-26(39-19-21)29(36)34-15-13-33(14-16-34)27-12-11-25(31-32-27)28(35)30-22-7-9-23(37-2)10-8-22/h4-12,17-19H,3,13-16H2,1-2H3,(H,30,35). The first-order chi connectivity index (χ1) is 19.0. The van der Waals surface area contributed by atoms with Crippen molar-refractivity contribution in [3.8, 4) is 22.6 Å². The van der Waals surface area contributed by atoms with Crippen LogP contribution in [0.15, 0.2) is 72.1 Å². The number of piperazine rings is 1. The van der Waals surface area contributed by atoms with Crippen LogP contribution in [0.3, 0.4) is 0 Å². The molecule has 200 valence electrons. The lowest BCUT2D eigenvalue weighted by Crippen LogP contribution is -2.49. The maximum atomic E-state index is 13.2. The number of carbonyl (C=O) groups is 2. The molecule has 0 atom stereocenters. The lowest BCUT2D eigenvalue weighted by Gasteiger charge is -2.35. The lowest BCUT2D eigenvalue weighted by atomic mass is 10.1. The topological polar surface area (TPSA) is 96.9 Å². The van der Waals surface area contributed by atoms with Crippen molar-refractivity contribution in [3.05, 3.63) is 82.7 Å². The van der Waals surface area contributed by atoms with Crippen molar-refractivity contribution in [3.63, 3.8) is 0 Å². The highest BCUT2D eigenvalue weighted by Gasteiger charge is 2.24. The van der Waals surface area contributed by atoms with E-state index in [1.54, 1.807) is 43.5 Å². The van der Waals surface area contributed by atoms with E-state index in [-0.39, 0.29) is 17.5 Å². The third-order valence-corrected chi connectivity index (χ3v) is 7.33. The monoisotopic (exact) mass is 543 g/mol. The smallest absolute Gasteiger partial charge is 0.276 e. The largest absolute Gasteiger partial charge is 0.497 e. The second-order valence-corrected chi connectivity index (χ2v) is 9.81. The number of rotatable bonds is 8. The molecule has 0 spiro atoms. The summed E-state index contributed by atoms with van der Waals surface area (Å²) in [5.41, 5.74) is 2.91. The summed E-state index contributed by atoms with van der Waals surface area (Å²) in [5.74, 6) is 1.90. The molecule has 2 aromatic heterocycles. The van der Waals surface area contributed by atoms with E-state index in [0.29, 0.717) is 54.9 Å². The molecular weight excluding hydrogens is 514 g/mol. The van der Waals surface area contributed by atoms with Gasteiger partial charge >= 0.3 is 0 Å². The Kier molecular flexibility index (Phi) is 8.02. The molecular formula is C29H29N5O4S. The molecule has 1 saturated heterocycles. The van der Waals surface area contributed by atoms with Gasteiger partial charge < -0.3 is 24.6 Å². The van der Waals surface area contributed by atoms with E-state index < -0.39 is 0 Å². The minimum Gasteiger partial charge on any atom is -0.497 e. The molecule has 1 fully saturated rings. The van der Waals surface area contributed by atoms with Crippen LogP contribution in [0.1, 0.15) is 27.1 Å². The van der Waals surface area contributed by atoms with E-state index in [9.17, 15) is 9.59 Å². The van der Waals surface area contributed by atoms with Gasteiger partial charge in [0.1, 0.15) is 11.5 Å². The lowest BCUT2D eigenvalue weighted by molar-refractivity contribution is 0.0751. The molecule has 0 bridgehead atoms. The van der Waals surface area contributed by atoms with Gasteiger partial charge in [-0.1, -0.05) is 12.1 Å². The number of amides is 2. The van der Waals surface area contributed by atoms with Crippen LogP contribution in [0.25, 0.3) is 11.1 Å². The quantitative estimate of drug-likeness (QED) is 0.340. The number of thiophene rings is 1. The molecule has 4 aromatic rings. The summed E-state index contributed by atoms with van der Waals surface area (Å²) < 4.78 is 10.7. The number of hydrogen-bond acceptors (Lipinski definition) is 8. The summed E-state index contributed by atoms with van der Waals surface area (Å²) in [7, 11) is 1.59. The molecule has 10 heteroatoms. The van der Waals surface area contributed by atoms with Gasteiger partial charge in [0.25, 0.3) is 11.8 Å². The van der Waals surface area contributed by atoms with Gasteiger partial charge in [0.2, 0.25) is 0 Å². The molecule has 0 radical (unpaired) electrons. The summed E-state index contributed by atoms with van der Waals surface area (Å²) in [6.45, 7) is 4.98. The highest BCUT2D eigenvalue weighted by Crippen LogP contribution is 2.29. The summed E-state index contributed by atoms with van der Waals surface area (Å²) in [5, 5.41) is 13.2. The van der Waals surface area contributed by atoms with Gasteiger partial charge in [-0.2, -0.15) is 0 Å². The van der Waals surface area contributed by atoms with Crippen LogP contribution in [0.4, 0.5) is 11.5 Å². The Balaban J connectivity index is 1.15. The number of carbonyl (C=O) groups excluding carboxylic acids is 2. The predicted molar refractivity (Wildman–Crippen MR) is 152 cm³/mol. The average Bonchev–Trinajstić information content (AvgIpc) is 3.48. The first-order valence-corrected chi connectivity index (χ1v) is 13.6. The van der Waals surface area contributed by atoms with Crippen LogP contribution in [0, 0.1) is 0 Å². The maximum absolute atomic E-state index is 13.2. The van der Waals surface area contributed by atoms with Gasteiger partial charge in [-0.05, 0) is 78.0 Å². The molecule has 39 heavy (non-hydrogen) atoms. The van der Waals surface area contributed by atoms with Gasteiger partial charge in [-0.25, -0.2) is 0 Å². The molecule has 9 nitrogen and oxygen atoms in total. The number of benzene rings is 2. The maximum Gasteiger partial charge on any atom is 0.276 e. The molecule has 2 aromatic carbocycles. The zero-order valence-electron chi connectivity index (χ0n) is 21.8. The molecule has 0 saturated carbocycles. The molecule has 3 heterocycles. The number of hydrogen-bond donors (Lipinski definition) is 1. The molecule has 2 amide bonds. The molecule has 1 N–H and O–H groups in total. The molecule has 5 rings (SSSR count). The Bertz CT molecular complexity index is 1430. The van der Waals surface area contributed by atoms with Crippen molar-refractivity contribution in [2.24, 2.45) is 0 Å². The van der Waals surface area contributed by atoms with Crippen molar-refractivity contribution in [2.75, 3.05) is 50.1 Å². The first kappa shape index (κ1) is 26.2. The van der Waals surface area contributed by atoms with E-state index >= 15 is 0 Å². The molecule has 1 aliphatic heterocycles. The van der Waals surface area contributed by atoms with Crippen molar-refractivity contribution < 1.29 is 19.1 Å². The van der Waals surface area contributed by atoms with E-state index in [1.807, 2.05) is 47.5 Å². The third kappa shape index (κ3) is 6.18. The zero-order chi connectivity index (χ0) is 27.2.